The van der Waals surface area contributed by atoms with Gasteiger partial charge in [-0.15, -0.1) is 5.10 Å². The van der Waals surface area contributed by atoms with E-state index in [1.165, 1.54) is 5.57 Å². The maximum Gasteiger partial charge on any atom is 0.148 e. The molecule has 0 radical (unpaired) electrons. The van der Waals surface area contributed by atoms with E-state index in [9.17, 15) is 0 Å². The molecule has 60 valence electrons. The fraction of sp³-hybridized carbons (Fsp3) is 0.571. The molecular formula is C7H12N4. The molecule has 0 aliphatic carbocycles. The lowest BCUT2D eigenvalue weighted by molar-refractivity contribution is 0.642. The summed E-state index contributed by atoms with van der Waals surface area (Å²) < 4.78 is 1.76. The predicted molar refractivity (Wildman–Crippen MR) is 42.0 cm³/mol. The lowest BCUT2D eigenvalue weighted by Crippen LogP contribution is -2.00. The van der Waals surface area contributed by atoms with Gasteiger partial charge >= 0.3 is 0 Å². The predicted octanol–water partition coefficient (Wildman–Crippen LogP) is 0.948. The fourth-order valence-electron chi connectivity index (χ4n) is 0.687. The van der Waals surface area contributed by atoms with Crippen LogP contribution in [0.15, 0.2) is 11.6 Å². The number of tetrazole rings is 1. The van der Waals surface area contributed by atoms with Crippen LogP contribution in [0.1, 0.15) is 19.7 Å². The van der Waals surface area contributed by atoms with Crippen molar-refractivity contribution in [3.8, 4) is 0 Å². The Bertz CT molecular complexity index is 257. The summed E-state index contributed by atoms with van der Waals surface area (Å²) in [5.74, 6) is 0.850. The van der Waals surface area contributed by atoms with Crippen LogP contribution in [0.25, 0.3) is 0 Å². The molecule has 0 amide bonds. The molecule has 1 aromatic rings. The standard InChI is InChI=1S/C7H12N4/c1-6(2)4-5-11-7(3)8-9-10-11/h4H,5H2,1-3H3. The maximum absolute atomic E-state index is 3.80. The van der Waals surface area contributed by atoms with Crippen molar-refractivity contribution in [2.24, 2.45) is 0 Å². The van der Waals surface area contributed by atoms with Crippen molar-refractivity contribution in [2.75, 3.05) is 0 Å². The van der Waals surface area contributed by atoms with Crippen molar-refractivity contribution in [1.82, 2.24) is 20.2 Å². The molecule has 4 heteroatoms. The molecule has 0 atom stereocenters. The second-order valence-electron chi connectivity index (χ2n) is 2.69. The minimum absolute atomic E-state index is 0.765. The molecule has 0 N–H and O–H groups in total. The first kappa shape index (κ1) is 7.91. The van der Waals surface area contributed by atoms with E-state index in [4.69, 9.17) is 0 Å². The Morgan fingerprint density at radius 2 is 2.27 bits per heavy atom. The zero-order valence-electron chi connectivity index (χ0n) is 7.07. The Labute approximate surface area is 65.9 Å². The molecule has 0 aliphatic rings. The van der Waals surface area contributed by atoms with Crippen LogP contribution in [0.4, 0.5) is 0 Å². The van der Waals surface area contributed by atoms with E-state index in [-0.39, 0.29) is 0 Å². The van der Waals surface area contributed by atoms with Crippen LogP contribution in [0.2, 0.25) is 0 Å². The molecule has 0 aromatic carbocycles. The summed E-state index contributed by atoms with van der Waals surface area (Å²) in [6.45, 7) is 6.76. The quantitative estimate of drug-likeness (QED) is 0.592. The number of aryl methyl sites for hydroxylation is 1. The Morgan fingerprint density at radius 1 is 1.55 bits per heavy atom. The third-order valence-corrected chi connectivity index (χ3v) is 1.38. The first-order valence-corrected chi connectivity index (χ1v) is 3.56. The number of rotatable bonds is 2. The first-order chi connectivity index (χ1) is 5.20. The highest BCUT2D eigenvalue weighted by Gasteiger charge is 1.95. The van der Waals surface area contributed by atoms with E-state index in [1.54, 1.807) is 4.68 Å². The van der Waals surface area contributed by atoms with Gasteiger partial charge in [-0.3, -0.25) is 0 Å². The van der Waals surface area contributed by atoms with Crippen LogP contribution in [-0.2, 0) is 6.54 Å². The van der Waals surface area contributed by atoms with Crippen LogP contribution < -0.4 is 0 Å². The van der Waals surface area contributed by atoms with Gasteiger partial charge in [0.25, 0.3) is 0 Å². The molecular weight excluding hydrogens is 140 g/mol. The zero-order chi connectivity index (χ0) is 8.27. The third-order valence-electron chi connectivity index (χ3n) is 1.38. The minimum atomic E-state index is 0.765. The number of hydrogen-bond donors (Lipinski definition) is 0. The zero-order valence-corrected chi connectivity index (χ0v) is 7.07. The highest BCUT2D eigenvalue weighted by Crippen LogP contribution is 1.93. The molecule has 0 spiro atoms. The fourth-order valence-corrected chi connectivity index (χ4v) is 0.687. The van der Waals surface area contributed by atoms with Crippen molar-refractivity contribution in [3.63, 3.8) is 0 Å². The maximum atomic E-state index is 3.80. The van der Waals surface area contributed by atoms with E-state index in [1.807, 2.05) is 6.92 Å². The molecule has 0 saturated heterocycles. The topological polar surface area (TPSA) is 43.6 Å². The highest BCUT2D eigenvalue weighted by molar-refractivity contribution is 4.93. The van der Waals surface area contributed by atoms with Crippen LogP contribution in [0, 0.1) is 6.92 Å². The highest BCUT2D eigenvalue weighted by atomic mass is 15.5. The normalized spacial score (nSPS) is 9.73. The van der Waals surface area contributed by atoms with Gasteiger partial charge in [0.1, 0.15) is 5.82 Å². The van der Waals surface area contributed by atoms with Crippen LogP contribution in [-0.4, -0.2) is 20.2 Å². The number of nitrogens with zero attached hydrogens (tertiary/aromatic N) is 4. The monoisotopic (exact) mass is 152 g/mol. The van der Waals surface area contributed by atoms with Crippen molar-refractivity contribution in [3.05, 3.63) is 17.5 Å². The van der Waals surface area contributed by atoms with Crippen molar-refractivity contribution < 1.29 is 0 Å². The van der Waals surface area contributed by atoms with Gasteiger partial charge in [0.15, 0.2) is 0 Å². The van der Waals surface area contributed by atoms with Gasteiger partial charge in [-0.2, -0.15) is 0 Å². The van der Waals surface area contributed by atoms with E-state index in [0.29, 0.717) is 0 Å². The van der Waals surface area contributed by atoms with Crippen LogP contribution in [0.3, 0.4) is 0 Å². The molecule has 4 nitrogen and oxygen atoms in total. The summed E-state index contributed by atoms with van der Waals surface area (Å²) >= 11 is 0. The summed E-state index contributed by atoms with van der Waals surface area (Å²) in [5.41, 5.74) is 1.28. The second-order valence-corrected chi connectivity index (χ2v) is 2.69. The first-order valence-electron chi connectivity index (χ1n) is 3.56. The Kier molecular flexibility index (Phi) is 2.36. The average Bonchev–Trinajstić information content (AvgIpc) is 2.31. The van der Waals surface area contributed by atoms with Gasteiger partial charge in [0, 0.05) is 0 Å². The SMILES string of the molecule is CC(C)=CCn1nnnc1C. The van der Waals surface area contributed by atoms with Gasteiger partial charge in [-0.25, -0.2) is 4.68 Å². The number of allylic oxidation sites excluding steroid dienone is 2. The Hall–Kier alpha value is -1.19. The summed E-state index contributed by atoms with van der Waals surface area (Å²) in [6, 6.07) is 0. The number of aromatic nitrogens is 4. The summed E-state index contributed by atoms with van der Waals surface area (Å²) in [4.78, 5) is 0. The Morgan fingerprint density at radius 3 is 2.73 bits per heavy atom. The van der Waals surface area contributed by atoms with Gasteiger partial charge in [-0.1, -0.05) is 11.6 Å². The number of hydrogen-bond acceptors (Lipinski definition) is 3. The molecule has 1 rings (SSSR count). The summed E-state index contributed by atoms with van der Waals surface area (Å²) in [6.07, 6.45) is 2.09. The molecule has 0 saturated carbocycles. The molecule has 11 heavy (non-hydrogen) atoms. The summed E-state index contributed by atoms with van der Waals surface area (Å²) in [7, 11) is 0. The van der Waals surface area contributed by atoms with Crippen LogP contribution in [0.5, 0.6) is 0 Å². The van der Waals surface area contributed by atoms with Gasteiger partial charge in [0.2, 0.25) is 0 Å². The lowest BCUT2D eigenvalue weighted by Gasteiger charge is -1.95. The molecule has 1 aromatic heterocycles. The minimum Gasteiger partial charge on any atom is -0.226 e. The van der Waals surface area contributed by atoms with Crippen molar-refractivity contribution in [1.29, 1.82) is 0 Å². The van der Waals surface area contributed by atoms with Crippen molar-refractivity contribution >= 4 is 0 Å². The van der Waals surface area contributed by atoms with Crippen molar-refractivity contribution in [2.45, 2.75) is 27.3 Å². The largest absolute Gasteiger partial charge is 0.226 e. The van der Waals surface area contributed by atoms with Gasteiger partial charge < -0.3 is 0 Å². The van der Waals surface area contributed by atoms with Gasteiger partial charge in [0.05, 0.1) is 6.54 Å². The molecule has 0 fully saturated rings. The van der Waals surface area contributed by atoms with Gasteiger partial charge in [-0.05, 0) is 31.2 Å². The lowest BCUT2D eigenvalue weighted by atomic mass is 10.3. The molecule has 0 unspecified atom stereocenters. The van der Waals surface area contributed by atoms with E-state index in [2.05, 4.69) is 35.4 Å². The molecule has 1 heterocycles. The molecule has 0 bridgehead atoms. The molecule has 0 aliphatic heterocycles. The smallest absolute Gasteiger partial charge is 0.148 e. The van der Waals surface area contributed by atoms with E-state index in [0.717, 1.165) is 12.4 Å². The van der Waals surface area contributed by atoms with E-state index < -0.39 is 0 Å². The second kappa shape index (κ2) is 3.27. The Balaban J connectivity index is 2.65. The van der Waals surface area contributed by atoms with E-state index >= 15 is 0 Å². The third kappa shape index (κ3) is 2.14. The average molecular weight is 152 g/mol. The summed E-state index contributed by atoms with van der Waals surface area (Å²) in [5, 5.41) is 11.1. The van der Waals surface area contributed by atoms with Crippen LogP contribution >= 0.6 is 0 Å².